The average molecular weight is 261 g/mol. The van der Waals surface area contributed by atoms with Crippen LogP contribution in [0.4, 0.5) is 5.82 Å². The van der Waals surface area contributed by atoms with E-state index in [0.717, 1.165) is 19.4 Å². The second-order valence-corrected chi connectivity index (χ2v) is 4.56. The molecule has 2 aromatic rings. The molecule has 0 aromatic carbocycles. The van der Waals surface area contributed by atoms with Crippen molar-refractivity contribution in [2.24, 2.45) is 0 Å². The third-order valence-electron chi connectivity index (χ3n) is 3.25. The summed E-state index contributed by atoms with van der Waals surface area (Å²) in [7, 11) is 0. The van der Waals surface area contributed by atoms with Crippen molar-refractivity contribution < 1.29 is 14.6 Å². The lowest BCUT2D eigenvalue weighted by Crippen LogP contribution is -2.20. The monoisotopic (exact) mass is 261 g/mol. The third-order valence-corrected chi connectivity index (χ3v) is 3.25. The molecule has 19 heavy (non-hydrogen) atoms. The summed E-state index contributed by atoms with van der Waals surface area (Å²) in [4.78, 5) is 15.7. The second-order valence-electron chi connectivity index (χ2n) is 4.56. The number of nitrogens with one attached hydrogen (secondary N) is 1. The Balaban J connectivity index is 1.88. The smallest absolute Gasteiger partial charge is 0.356 e. The minimum Gasteiger partial charge on any atom is -0.476 e. The van der Waals surface area contributed by atoms with Gasteiger partial charge < -0.3 is 15.2 Å². The Labute approximate surface area is 110 Å². The van der Waals surface area contributed by atoms with Crippen LogP contribution >= 0.6 is 0 Å². The van der Waals surface area contributed by atoms with Gasteiger partial charge in [0.05, 0.1) is 6.10 Å². The summed E-state index contributed by atoms with van der Waals surface area (Å²) < 4.78 is 7.07. The van der Waals surface area contributed by atoms with Gasteiger partial charge in [-0.3, -0.25) is 4.40 Å². The minimum absolute atomic E-state index is 0.145. The number of carboxylic acids is 1. The number of anilines is 1. The fraction of sp³-hybridized carbons (Fsp3) is 0.385. The Hall–Kier alpha value is -2.08. The van der Waals surface area contributed by atoms with E-state index in [4.69, 9.17) is 4.74 Å². The van der Waals surface area contributed by atoms with Crippen molar-refractivity contribution in [2.45, 2.75) is 18.9 Å². The first-order chi connectivity index (χ1) is 9.25. The zero-order valence-electron chi connectivity index (χ0n) is 10.4. The van der Waals surface area contributed by atoms with Crippen LogP contribution in [0.3, 0.4) is 0 Å². The molecule has 100 valence electrons. The van der Waals surface area contributed by atoms with E-state index in [1.807, 2.05) is 6.07 Å². The van der Waals surface area contributed by atoms with Crippen molar-refractivity contribution in [2.75, 3.05) is 18.5 Å². The number of ether oxygens (including phenoxy) is 1. The number of carboxylic acid groups (broad SMARTS) is 1. The summed E-state index contributed by atoms with van der Waals surface area (Å²) in [6.45, 7) is 1.37. The molecule has 1 aliphatic rings. The van der Waals surface area contributed by atoms with Gasteiger partial charge in [0.1, 0.15) is 5.65 Å². The van der Waals surface area contributed by atoms with Gasteiger partial charge in [0.25, 0.3) is 0 Å². The molecule has 3 rings (SSSR count). The van der Waals surface area contributed by atoms with E-state index in [2.05, 4.69) is 10.3 Å². The first-order valence-electron chi connectivity index (χ1n) is 6.31. The number of fused-ring (bicyclic) bond motifs is 1. The van der Waals surface area contributed by atoms with Gasteiger partial charge in [-0.1, -0.05) is 6.07 Å². The van der Waals surface area contributed by atoms with Crippen LogP contribution in [0.1, 0.15) is 23.3 Å². The van der Waals surface area contributed by atoms with Gasteiger partial charge in [-0.25, -0.2) is 9.78 Å². The Morgan fingerprint density at radius 3 is 3.21 bits per heavy atom. The highest BCUT2D eigenvalue weighted by Crippen LogP contribution is 2.19. The van der Waals surface area contributed by atoms with Crippen LogP contribution in [0.5, 0.6) is 0 Å². The van der Waals surface area contributed by atoms with E-state index >= 15 is 0 Å². The van der Waals surface area contributed by atoms with Gasteiger partial charge in [-0.2, -0.15) is 0 Å². The van der Waals surface area contributed by atoms with Gasteiger partial charge >= 0.3 is 5.97 Å². The molecule has 1 saturated heterocycles. The van der Waals surface area contributed by atoms with Crippen molar-refractivity contribution in [3.63, 3.8) is 0 Å². The molecule has 0 aliphatic carbocycles. The molecule has 1 aliphatic heterocycles. The highest BCUT2D eigenvalue weighted by molar-refractivity contribution is 5.92. The molecule has 2 N–H and O–H groups in total. The quantitative estimate of drug-likeness (QED) is 0.874. The zero-order chi connectivity index (χ0) is 13.2. The first-order valence-corrected chi connectivity index (χ1v) is 6.31. The highest BCUT2D eigenvalue weighted by Gasteiger charge is 2.20. The molecule has 0 saturated carbocycles. The summed E-state index contributed by atoms with van der Waals surface area (Å²) in [6.07, 6.45) is 3.90. The van der Waals surface area contributed by atoms with Crippen LogP contribution in [-0.4, -0.2) is 39.7 Å². The molecule has 2 aromatic heterocycles. The second kappa shape index (κ2) is 4.89. The van der Waals surface area contributed by atoms with Crippen LogP contribution in [0, 0.1) is 0 Å². The zero-order valence-corrected chi connectivity index (χ0v) is 10.4. The first kappa shape index (κ1) is 12.0. The average Bonchev–Trinajstić information content (AvgIpc) is 3.03. The summed E-state index contributed by atoms with van der Waals surface area (Å²) in [6, 6.07) is 5.40. The van der Waals surface area contributed by atoms with Gasteiger partial charge in [-0.15, -0.1) is 0 Å². The van der Waals surface area contributed by atoms with Gasteiger partial charge in [0.15, 0.2) is 11.5 Å². The maximum Gasteiger partial charge on any atom is 0.356 e. The fourth-order valence-electron chi connectivity index (χ4n) is 2.34. The van der Waals surface area contributed by atoms with E-state index in [1.54, 1.807) is 22.7 Å². The van der Waals surface area contributed by atoms with Crippen molar-refractivity contribution in [3.8, 4) is 0 Å². The number of rotatable bonds is 4. The van der Waals surface area contributed by atoms with Crippen LogP contribution in [0.2, 0.25) is 0 Å². The lowest BCUT2D eigenvalue weighted by molar-refractivity contribution is 0.0690. The lowest BCUT2D eigenvalue weighted by atomic mass is 10.2. The molecular weight excluding hydrogens is 246 g/mol. The summed E-state index contributed by atoms with van der Waals surface area (Å²) in [5.41, 5.74) is 0.781. The molecule has 0 amide bonds. The predicted molar refractivity (Wildman–Crippen MR) is 69.6 cm³/mol. The Bertz CT molecular complexity index is 602. The number of imidazole rings is 1. The number of aromatic carboxylic acids is 1. The van der Waals surface area contributed by atoms with E-state index in [9.17, 15) is 9.90 Å². The number of hydrogen-bond acceptors (Lipinski definition) is 4. The van der Waals surface area contributed by atoms with Gasteiger partial charge in [-0.05, 0) is 25.0 Å². The minimum atomic E-state index is -0.992. The summed E-state index contributed by atoms with van der Waals surface area (Å²) in [5.74, 6) is -0.595. The van der Waals surface area contributed by atoms with E-state index in [0.29, 0.717) is 18.0 Å². The third kappa shape index (κ3) is 2.26. The summed E-state index contributed by atoms with van der Waals surface area (Å²) >= 11 is 0. The largest absolute Gasteiger partial charge is 0.476 e. The lowest BCUT2D eigenvalue weighted by Gasteiger charge is -2.10. The van der Waals surface area contributed by atoms with Crippen molar-refractivity contribution in [3.05, 3.63) is 30.1 Å². The van der Waals surface area contributed by atoms with E-state index in [-0.39, 0.29) is 11.8 Å². The van der Waals surface area contributed by atoms with Crippen LogP contribution in [0.15, 0.2) is 24.4 Å². The van der Waals surface area contributed by atoms with Crippen molar-refractivity contribution in [1.29, 1.82) is 0 Å². The molecule has 1 atom stereocenters. The standard InChI is InChI=1S/C13H15N3O3/c17-13(18)11-12(14-8-9-4-3-7-19-9)15-10-5-1-2-6-16(10)11/h1-2,5-6,9,14H,3-4,7-8H2,(H,17,18). The molecule has 0 radical (unpaired) electrons. The molecule has 6 nitrogen and oxygen atoms in total. The van der Waals surface area contributed by atoms with E-state index in [1.165, 1.54) is 0 Å². The van der Waals surface area contributed by atoms with E-state index < -0.39 is 5.97 Å². The fourth-order valence-corrected chi connectivity index (χ4v) is 2.34. The topological polar surface area (TPSA) is 75.9 Å². The molecule has 1 unspecified atom stereocenters. The maximum atomic E-state index is 11.4. The number of pyridine rings is 1. The van der Waals surface area contributed by atoms with Crippen molar-refractivity contribution in [1.82, 2.24) is 9.38 Å². The SMILES string of the molecule is O=C(O)c1c(NCC2CCCO2)nc2ccccn12. The predicted octanol–water partition coefficient (Wildman–Crippen LogP) is 1.62. The number of nitrogens with zero attached hydrogens (tertiary/aromatic N) is 2. The Morgan fingerprint density at radius 1 is 1.58 bits per heavy atom. The molecule has 0 bridgehead atoms. The number of carbonyl (C=O) groups is 1. The van der Waals surface area contributed by atoms with Crippen LogP contribution < -0.4 is 5.32 Å². The Kier molecular flexibility index (Phi) is 3.08. The summed E-state index contributed by atoms with van der Waals surface area (Å²) in [5, 5.41) is 12.4. The maximum absolute atomic E-state index is 11.4. The highest BCUT2D eigenvalue weighted by atomic mass is 16.5. The Morgan fingerprint density at radius 2 is 2.47 bits per heavy atom. The van der Waals surface area contributed by atoms with Crippen LogP contribution in [0.25, 0.3) is 5.65 Å². The van der Waals surface area contributed by atoms with Gasteiger partial charge in [0.2, 0.25) is 0 Å². The van der Waals surface area contributed by atoms with Gasteiger partial charge in [0, 0.05) is 19.3 Å². The number of hydrogen-bond donors (Lipinski definition) is 2. The molecule has 6 heteroatoms. The molecule has 3 heterocycles. The van der Waals surface area contributed by atoms with Crippen molar-refractivity contribution >= 4 is 17.4 Å². The normalized spacial score (nSPS) is 18.8. The molecular formula is C13H15N3O3. The number of aromatic nitrogens is 2. The van der Waals surface area contributed by atoms with Crippen LogP contribution in [-0.2, 0) is 4.74 Å². The molecule has 1 fully saturated rings. The molecule has 0 spiro atoms.